The van der Waals surface area contributed by atoms with E-state index in [1.807, 2.05) is 12.1 Å². The first-order chi connectivity index (χ1) is 11.8. The predicted octanol–water partition coefficient (Wildman–Crippen LogP) is 4.87. The summed E-state index contributed by atoms with van der Waals surface area (Å²) in [5.74, 6) is -0.484. The fourth-order valence-electron chi connectivity index (χ4n) is 2.33. The quantitative estimate of drug-likeness (QED) is 0.762. The topological polar surface area (TPSA) is 41.1 Å². The van der Waals surface area contributed by atoms with Crippen molar-refractivity contribution in [1.29, 1.82) is 0 Å². The van der Waals surface area contributed by atoms with Crippen molar-refractivity contribution in [2.24, 2.45) is 0 Å². The van der Waals surface area contributed by atoms with Crippen LogP contribution >= 0.6 is 11.6 Å². The van der Waals surface area contributed by atoms with Crippen molar-refractivity contribution in [2.45, 2.75) is 32.1 Å². The summed E-state index contributed by atoms with van der Waals surface area (Å²) in [6.45, 7) is 2.30. The smallest absolute Gasteiger partial charge is 0.325 e. The summed E-state index contributed by atoms with van der Waals surface area (Å²) < 4.78 is 38.8. The average Bonchev–Trinajstić information content (AvgIpc) is 2.52. The molecule has 7 heteroatoms. The zero-order chi connectivity index (χ0) is 18.4. The van der Waals surface area contributed by atoms with Crippen molar-refractivity contribution in [3.63, 3.8) is 0 Å². The molecule has 0 radical (unpaired) electrons. The minimum absolute atomic E-state index is 0.0484. The molecule has 1 unspecified atom stereocenters. The van der Waals surface area contributed by atoms with Crippen molar-refractivity contribution >= 4 is 23.2 Å². The van der Waals surface area contributed by atoms with Crippen LogP contribution in [0.3, 0.4) is 0 Å². The van der Waals surface area contributed by atoms with Gasteiger partial charge in [0.05, 0.1) is 11.3 Å². The van der Waals surface area contributed by atoms with Crippen molar-refractivity contribution in [3.05, 3.63) is 64.7 Å². The molecular weight excluding hydrogens is 353 g/mol. The van der Waals surface area contributed by atoms with Crippen LogP contribution in [0.2, 0.25) is 5.02 Å². The normalized spacial score (nSPS) is 12.7. The molecule has 0 heterocycles. The van der Waals surface area contributed by atoms with Gasteiger partial charge in [0.25, 0.3) is 0 Å². The molecule has 2 rings (SSSR count). The summed E-state index contributed by atoms with van der Waals surface area (Å²) in [7, 11) is 0. The van der Waals surface area contributed by atoms with Gasteiger partial charge in [0.15, 0.2) is 0 Å². The van der Waals surface area contributed by atoms with Crippen LogP contribution in [0.4, 0.5) is 18.9 Å². The minimum atomic E-state index is -4.51. The molecule has 0 aromatic heterocycles. The first-order valence-corrected chi connectivity index (χ1v) is 8.07. The van der Waals surface area contributed by atoms with Gasteiger partial charge in [0.1, 0.15) is 0 Å². The molecule has 1 amide bonds. The van der Waals surface area contributed by atoms with E-state index in [2.05, 4.69) is 10.6 Å². The maximum Gasteiger partial charge on any atom is 0.418 e. The van der Waals surface area contributed by atoms with Gasteiger partial charge in [-0.15, -0.1) is 0 Å². The summed E-state index contributed by atoms with van der Waals surface area (Å²) in [6.07, 6.45) is -4.47. The van der Waals surface area contributed by atoms with Crippen molar-refractivity contribution in [1.82, 2.24) is 5.32 Å². The van der Waals surface area contributed by atoms with Gasteiger partial charge < -0.3 is 10.6 Å². The van der Waals surface area contributed by atoms with Crippen LogP contribution in [0.5, 0.6) is 0 Å². The maximum atomic E-state index is 12.9. The standard InChI is InChI=1S/C18H18ClF3N2O/c1-12(23-11-13-5-4-6-14(19)10-13)9-17(25)24-16-8-3-2-7-15(16)18(20,21)22/h2-8,10,12,23H,9,11H2,1H3,(H,24,25). The highest BCUT2D eigenvalue weighted by Crippen LogP contribution is 2.34. The zero-order valence-electron chi connectivity index (χ0n) is 13.5. The highest BCUT2D eigenvalue weighted by Gasteiger charge is 2.33. The van der Waals surface area contributed by atoms with Gasteiger partial charge in [-0.3, -0.25) is 4.79 Å². The molecule has 1 atom stereocenters. The van der Waals surface area contributed by atoms with E-state index in [-0.39, 0.29) is 18.2 Å². The van der Waals surface area contributed by atoms with Crippen molar-refractivity contribution in [2.75, 3.05) is 5.32 Å². The molecule has 134 valence electrons. The molecule has 0 bridgehead atoms. The highest BCUT2D eigenvalue weighted by atomic mass is 35.5. The lowest BCUT2D eigenvalue weighted by molar-refractivity contribution is -0.137. The Balaban J connectivity index is 1.90. The number of nitrogens with one attached hydrogen (secondary N) is 2. The number of hydrogen-bond donors (Lipinski definition) is 2. The molecular formula is C18H18ClF3N2O. The number of alkyl halides is 3. The largest absolute Gasteiger partial charge is 0.418 e. The number of anilines is 1. The van der Waals surface area contributed by atoms with Gasteiger partial charge in [-0.25, -0.2) is 0 Å². The molecule has 2 aromatic rings. The predicted molar refractivity (Wildman–Crippen MR) is 92.4 cm³/mol. The summed E-state index contributed by atoms with van der Waals surface area (Å²) in [4.78, 5) is 12.0. The highest BCUT2D eigenvalue weighted by molar-refractivity contribution is 6.30. The molecule has 0 fully saturated rings. The van der Waals surface area contributed by atoms with Crippen LogP contribution in [0.1, 0.15) is 24.5 Å². The third-order valence-electron chi connectivity index (χ3n) is 3.54. The number of benzene rings is 2. The molecule has 25 heavy (non-hydrogen) atoms. The van der Waals surface area contributed by atoms with Crippen molar-refractivity contribution in [3.8, 4) is 0 Å². The Morgan fingerprint density at radius 1 is 1.16 bits per heavy atom. The summed E-state index contributed by atoms with van der Waals surface area (Å²) in [5, 5.41) is 6.10. The Morgan fingerprint density at radius 2 is 1.88 bits per heavy atom. The van der Waals surface area contributed by atoms with E-state index < -0.39 is 17.6 Å². The van der Waals surface area contributed by atoms with Crippen molar-refractivity contribution < 1.29 is 18.0 Å². The molecule has 2 N–H and O–H groups in total. The first kappa shape index (κ1) is 19.3. The number of hydrogen-bond acceptors (Lipinski definition) is 2. The number of halogens is 4. The number of carbonyl (C=O) groups is 1. The van der Waals surface area contributed by atoms with E-state index in [0.717, 1.165) is 11.6 Å². The van der Waals surface area contributed by atoms with Gasteiger partial charge in [-0.2, -0.15) is 13.2 Å². The lowest BCUT2D eigenvalue weighted by Crippen LogP contribution is -2.30. The van der Waals surface area contributed by atoms with Crippen LogP contribution in [0, 0.1) is 0 Å². The van der Waals surface area contributed by atoms with E-state index in [1.165, 1.54) is 18.2 Å². The molecule has 0 saturated carbocycles. The van der Waals surface area contributed by atoms with E-state index in [4.69, 9.17) is 11.6 Å². The zero-order valence-corrected chi connectivity index (χ0v) is 14.3. The lowest BCUT2D eigenvalue weighted by Gasteiger charge is -2.16. The summed E-state index contributed by atoms with van der Waals surface area (Å²) >= 11 is 5.90. The third kappa shape index (κ3) is 6.07. The van der Waals surface area contributed by atoms with Crippen LogP contribution in [-0.4, -0.2) is 11.9 Å². The molecule has 3 nitrogen and oxygen atoms in total. The van der Waals surface area contributed by atoms with Gasteiger partial charge in [-0.05, 0) is 36.8 Å². The Hall–Kier alpha value is -2.05. The molecule has 0 spiro atoms. The van der Waals surface area contributed by atoms with E-state index in [0.29, 0.717) is 11.6 Å². The Bertz CT molecular complexity index is 734. The number of para-hydroxylation sites is 1. The molecule has 2 aromatic carbocycles. The Morgan fingerprint density at radius 3 is 2.56 bits per heavy atom. The van der Waals surface area contributed by atoms with Gasteiger partial charge >= 0.3 is 6.18 Å². The van der Waals surface area contributed by atoms with Crippen LogP contribution in [0.25, 0.3) is 0 Å². The Labute approximate surface area is 149 Å². The number of amides is 1. The van der Waals surface area contributed by atoms with E-state index >= 15 is 0 Å². The summed E-state index contributed by atoms with van der Waals surface area (Å²) in [5.41, 5.74) is -0.132. The number of carbonyl (C=O) groups excluding carboxylic acids is 1. The second-order valence-corrected chi connectivity index (χ2v) is 6.14. The minimum Gasteiger partial charge on any atom is -0.325 e. The first-order valence-electron chi connectivity index (χ1n) is 7.69. The fourth-order valence-corrected chi connectivity index (χ4v) is 2.54. The molecule has 0 aliphatic carbocycles. The molecule has 0 aliphatic heterocycles. The second-order valence-electron chi connectivity index (χ2n) is 5.71. The maximum absolute atomic E-state index is 12.9. The fraction of sp³-hybridized carbons (Fsp3) is 0.278. The lowest BCUT2D eigenvalue weighted by atomic mass is 10.1. The average molecular weight is 371 g/mol. The van der Waals surface area contributed by atoms with Crippen LogP contribution in [0.15, 0.2) is 48.5 Å². The Kier molecular flexibility index (Phi) is 6.45. The monoisotopic (exact) mass is 370 g/mol. The van der Waals surface area contributed by atoms with Gasteiger partial charge in [0, 0.05) is 24.0 Å². The molecule has 0 aliphatic rings. The molecule has 0 saturated heterocycles. The number of rotatable bonds is 6. The van der Waals surface area contributed by atoms with Gasteiger partial charge in [-0.1, -0.05) is 35.9 Å². The van der Waals surface area contributed by atoms with Crippen LogP contribution < -0.4 is 10.6 Å². The van der Waals surface area contributed by atoms with E-state index in [1.54, 1.807) is 19.1 Å². The third-order valence-corrected chi connectivity index (χ3v) is 3.78. The summed E-state index contributed by atoms with van der Waals surface area (Å²) in [6, 6.07) is 12.0. The second kappa shape index (κ2) is 8.36. The van der Waals surface area contributed by atoms with Crippen LogP contribution in [-0.2, 0) is 17.5 Å². The SMILES string of the molecule is CC(CC(=O)Nc1ccccc1C(F)(F)F)NCc1cccc(Cl)c1. The van der Waals surface area contributed by atoms with Gasteiger partial charge in [0.2, 0.25) is 5.91 Å². The van der Waals surface area contributed by atoms with E-state index in [9.17, 15) is 18.0 Å².